The fraction of sp³-hybridized carbons (Fsp3) is 0.353. The zero-order chi connectivity index (χ0) is 12.1. The maximum Gasteiger partial charge on any atom is 0.0994 e. The Morgan fingerprint density at radius 2 is 2.06 bits per heavy atom. The highest BCUT2D eigenvalue weighted by Crippen LogP contribution is 2.60. The van der Waals surface area contributed by atoms with Crippen molar-refractivity contribution in [3.8, 4) is 6.07 Å². The van der Waals surface area contributed by atoms with Crippen LogP contribution in [-0.4, -0.2) is 0 Å². The molecule has 1 saturated carbocycles. The van der Waals surface area contributed by atoms with E-state index in [9.17, 15) is 5.26 Å². The largest absolute Gasteiger partial charge is 0.192 e. The lowest BCUT2D eigenvalue weighted by atomic mass is 9.49. The Hall–Kier alpha value is -1.81. The van der Waals surface area contributed by atoms with Crippen molar-refractivity contribution in [2.75, 3.05) is 0 Å². The van der Waals surface area contributed by atoms with Gasteiger partial charge in [0.15, 0.2) is 0 Å². The minimum Gasteiger partial charge on any atom is -0.192 e. The first-order valence-electron chi connectivity index (χ1n) is 6.78. The van der Waals surface area contributed by atoms with E-state index in [0.29, 0.717) is 17.8 Å². The van der Waals surface area contributed by atoms with Gasteiger partial charge in [0.1, 0.15) is 0 Å². The molecule has 3 aliphatic rings. The van der Waals surface area contributed by atoms with E-state index in [4.69, 9.17) is 0 Å². The first-order chi connectivity index (χ1) is 8.90. The first-order valence-corrected chi connectivity index (χ1v) is 6.78. The summed E-state index contributed by atoms with van der Waals surface area (Å²) in [6, 6.07) is 10.9. The molecule has 88 valence electrons. The van der Waals surface area contributed by atoms with Crippen LogP contribution in [0.5, 0.6) is 0 Å². The van der Waals surface area contributed by atoms with Crippen molar-refractivity contribution in [3.05, 3.63) is 53.6 Å². The van der Waals surface area contributed by atoms with Crippen molar-refractivity contribution in [2.45, 2.75) is 18.8 Å². The van der Waals surface area contributed by atoms with Crippen molar-refractivity contribution < 1.29 is 0 Å². The fourth-order valence-electron chi connectivity index (χ4n) is 4.15. The molecule has 1 fully saturated rings. The van der Waals surface area contributed by atoms with Crippen LogP contribution < -0.4 is 0 Å². The SMILES string of the molecule is N#CC1=C[C@@H]2[C@@H]3C=CCC[C@H]3[C@H]2c2ccccc21. The molecule has 0 spiro atoms. The fourth-order valence-corrected chi connectivity index (χ4v) is 4.15. The maximum absolute atomic E-state index is 9.33. The minimum atomic E-state index is 0.566. The second-order valence-electron chi connectivity index (χ2n) is 5.63. The zero-order valence-corrected chi connectivity index (χ0v) is 10.2. The predicted octanol–water partition coefficient (Wildman–Crippen LogP) is 3.90. The van der Waals surface area contributed by atoms with Crippen molar-refractivity contribution in [2.24, 2.45) is 17.8 Å². The van der Waals surface area contributed by atoms with Gasteiger partial charge in [0.2, 0.25) is 0 Å². The Bertz CT molecular complexity index is 602. The molecular weight excluding hydrogens is 218 g/mol. The van der Waals surface area contributed by atoms with Crippen LogP contribution in [0, 0.1) is 29.1 Å². The van der Waals surface area contributed by atoms with Gasteiger partial charge in [0.25, 0.3) is 0 Å². The molecular formula is C17H15N. The second-order valence-corrected chi connectivity index (χ2v) is 5.63. The molecule has 0 N–H and O–H groups in total. The van der Waals surface area contributed by atoms with Gasteiger partial charge >= 0.3 is 0 Å². The zero-order valence-electron chi connectivity index (χ0n) is 10.2. The van der Waals surface area contributed by atoms with Crippen LogP contribution >= 0.6 is 0 Å². The molecule has 0 amide bonds. The molecule has 1 aromatic rings. The summed E-state index contributed by atoms with van der Waals surface area (Å²) in [7, 11) is 0. The molecule has 0 saturated heterocycles. The van der Waals surface area contributed by atoms with Gasteiger partial charge in [0, 0.05) is 0 Å². The number of nitrogens with zero attached hydrogens (tertiary/aromatic N) is 1. The Labute approximate surface area is 107 Å². The summed E-state index contributed by atoms with van der Waals surface area (Å²) in [4.78, 5) is 0. The molecule has 0 aromatic heterocycles. The molecule has 0 aliphatic heterocycles. The molecule has 18 heavy (non-hydrogen) atoms. The van der Waals surface area contributed by atoms with Crippen LogP contribution in [0.2, 0.25) is 0 Å². The summed E-state index contributed by atoms with van der Waals surface area (Å²) in [5, 5.41) is 9.33. The van der Waals surface area contributed by atoms with E-state index >= 15 is 0 Å². The summed E-state index contributed by atoms with van der Waals surface area (Å²) >= 11 is 0. The standard InChI is InChI=1S/C17H15N/c18-10-11-9-16-13-6-2-4-8-15(13)17(16)14-7-3-1-5-12(11)14/h1-3,5-7,9,13,15-17H,4,8H2/t13-,15-,16-,17-/m1/s1. The third-order valence-corrected chi connectivity index (χ3v) is 4.93. The molecule has 0 heterocycles. The smallest absolute Gasteiger partial charge is 0.0994 e. The highest BCUT2D eigenvalue weighted by molar-refractivity contribution is 5.81. The molecule has 0 unspecified atom stereocenters. The molecule has 1 nitrogen and oxygen atoms in total. The lowest BCUT2D eigenvalue weighted by Gasteiger charge is -2.54. The van der Waals surface area contributed by atoms with E-state index in [1.54, 1.807) is 0 Å². The lowest BCUT2D eigenvalue weighted by molar-refractivity contribution is 0.0897. The van der Waals surface area contributed by atoms with Crippen molar-refractivity contribution in [1.29, 1.82) is 5.26 Å². The van der Waals surface area contributed by atoms with Gasteiger partial charge in [-0.25, -0.2) is 0 Å². The Balaban J connectivity index is 1.86. The molecule has 0 bridgehead atoms. The summed E-state index contributed by atoms with van der Waals surface area (Å²) in [6.07, 6.45) is 9.46. The average Bonchev–Trinajstić information content (AvgIpc) is 2.42. The average molecular weight is 233 g/mol. The second kappa shape index (κ2) is 3.59. The van der Waals surface area contributed by atoms with Gasteiger partial charge in [-0.15, -0.1) is 0 Å². The Morgan fingerprint density at radius 3 is 2.94 bits per heavy atom. The van der Waals surface area contributed by atoms with Crippen molar-refractivity contribution in [3.63, 3.8) is 0 Å². The molecule has 4 rings (SSSR count). The highest BCUT2D eigenvalue weighted by atomic mass is 14.5. The van der Waals surface area contributed by atoms with Gasteiger partial charge < -0.3 is 0 Å². The third kappa shape index (κ3) is 1.16. The van der Waals surface area contributed by atoms with Crippen molar-refractivity contribution >= 4 is 5.57 Å². The first kappa shape index (κ1) is 10.1. The summed E-state index contributed by atoms with van der Waals surface area (Å²) < 4.78 is 0. The van der Waals surface area contributed by atoms with E-state index in [1.165, 1.54) is 24.0 Å². The van der Waals surface area contributed by atoms with Crippen LogP contribution in [0.1, 0.15) is 29.9 Å². The normalized spacial score (nSPS) is 35.4. The number of allylic oxidation sites excluding steroid dienone is 4. The number of hydrogen-bond acceptors (Lipinski definition) is 1. The van der Waals surface area contributed by atoms with Gasteiger partial charge in [-0.1, -0.05) is 42.5 Å². The number of hydrogen-bond donors (Lipinski definition) is 0. The van der Waals surface area contributed by atoms with Gasteiger partial charge in [-0.3, -0.25) is 0 Å². The van der Waals surface area contributed by atoms with Crippen molar-refractivity contribution in [1.82, 2.24) is 0 Å². The number of rotatable bonds is 0. The van der Waals surface area contributed by atoms with Gasteiger partial charge in [0.05, 0.1) is 11.6 Å². The minimum absolute atomic E-state index is 0.566. The number of nitriles is 1. The Kier molecular flexibility index (Phi) is 2.02. The van der Waals surface area contributed by atoms with Crippen LogP contribution in [0.25, 0.3) is 5.57 Å². The maximum atomic E-state index is 9.33. The van der Waals surface area contributed by atoms with Crippen LogP contribution in [0.15, 0.2) is 42.5 Å². The predicted molar refractivity (Wildman–Crippen MR) is 71.6 cm³/mol. The third-order valence-electron chi connectivity index (χ3n) is 4.93. The van der Waals surface area contributed by atoms with Crippen LogP contribution in [-0.2, 0) is 0 Å². The summed E-state index contributed by atoms with van der Waals surface area (Å²) in [5.41, 5.74) is 3.47. The topological polar surface area (TPSA) is 23.8 Å². The van der Waals surface area contributed by atoms with Crippen LogP contribution in [0.3, 0.4) is 0 Å². The molecule has 1 aromatic carbocycles. The molecule has 3 aliphatic carbocycles. The van der Waals surface area contributed by atoms with Crippen LogP contribution in [0.4, 0.5) is 0 Å². The van der Waals surface area contributed by atoms with Gasteiger partial charge in [-0.05, 0) is 47.6 Å². The van der Waals surface area contributed by atoms with E-state index in [0.717, 1.165) is 11.5 Å². The number of fused-ring (bicyclic) bond motifs is 6. The highest BCUT2D eigenvalue weighted by Gasteiger charge is 2.51. The summed E-state index contributed by atoms with van der Waals surface area (Å²) in [6.45, 7) is 0. The molecule has 1 heteroatoms. The van der Waals surface area contributed by atoms with E-state index in [1.807, 2.05) is 6.07 Å². The van der Waals surface area contributed by atoms with E-state index in [2.05, 4.69) is 42.5 Å². The number of benzene rings is 1. The van der Waals surface area contributed by atoms with Gasteiger partial charge in [-0.2, -0.15) is 5.26 Å². The molecule has 0 radical (unpaired) electrons. The quantitative estimate of drug-likeness (QED) is 0.623. The lowest BCUT2D eigenvalue weighted by Crippen LogP contribution is -2.45. The van der Waals surface area contributed by atoms with E-state index < -0.39 is 0 Å². The molecule has 4 atom stereocenters. The summed E-state index contributed by atoms with van der Waals surface area (Å²) in [5.74, 6) is 2.71. The monoisotopic (exact) mass is 233 g/mol. The van der Waals surface area contributed by atoms with E-state index in [-0.39, 0.29) is 0 Å². The Morgan fingerprint density at radius 1 is 1.17 bits per heavy atom.